The average molecular weight is 213 g/mol. The number of hydrogen-bond acceptors (Lipinski definition) is 3. The Morgan fingerprint density at radius 1 is 1.50 bits per heavy atom. The Morgan fingerprint density at radius 3 is 2.21 bits per heavy atom. The zero-order chi connectivity index (χ0) is 11.1. The third-order valence-corrected chi connectivity index (χ3v) is 2.36. The molecule has 0 unspecified atom stereocenters. The van der Waals surface area contributed by atoms with E-state index < -0.39 is 36.9 Å². The van der Waals surface area contributed by atoms with E-state index in [0.29, 0.717) is 0 Å². The summed E-state index contributed by atoms with van der Waals surface area (Å²) in [5, 5.41) is 17.5. The van der Waals surface area contributed by atoms with Crippen LogP contribution in [0.2, 0.25) is 0 Å². The number of likely N-dealkylation sites (tertiary alicyclic amines) is 1. The third kappa shape index (κ3) is 1.69. The first kappa shape index (κ1) is 11.3. The molecule has 1 rings (SSSR count). The molecular weight excluding hydrogens is 203 g/mol. The topological polar surface area (TPSA) is 60.8 Å². The Morgan fingerprint density at radius 2 is 1.93 bits per heavy atom. The molecule has 0 amide bonds. The van der Waals surface area contributed by atoms with Gasteiger partial charge < -0.3 is 10.2 Å². The van der Waals surface area contributed by atoms with Crippen molar-refractivity contribution in [2.45, 2.75) is 24.7 Å². The van der Waals surface area contributed by atoms with Crippen molar-refractivity contribution < 1.29 is 28.2 Å². The summed E-state index contributed by atoms with van der Waals surface area (Å²) in [4.78, 5) is 11.4. The van der Waals surface area contributed by atoms with Gasteiger partial charge in [-0.25, -0.2) is 0 Å². The summed E-state index contributed by atoms with van der Waals surface area (Å²) in [5.41, 5.74) is -2.74. The van der Waals surface area contributed by atoms with Crippen molar-refractivity contribution in [3.05, 3.63) is 0 Å². The molecule has 0 aromatic carbocycles. The fourth-order valence-corrected chi connectivity index (χ4v) is 1.23. The first-order valence-corrected chi connectivity index (χ1v) is 3.93. The van der Waals surface area contributed by atoms with Gasteiger partial charge in [0.2, 0.25) is 0 Å². The molecule has 1 atom stereocenters. The summed E-state index contributed by atoms with van der Waals surface area (Å²) in [7, 11) is 0. The molecule has 2 N–H and O–H groups in total. The van der Waals surface area contributed by atoms with Crippen molar-refractivity contribution in [3.63, 3.8) is 0 Å². The maximum atomic E-state index is 12.1. The molecule has 1 fully saturated rings. The van der Waals surface area contributed by atoms with Crippen LogP contribution < -0.4 is 0 Å². The van der Waals surface area contributed by atoms with Gasteiger partial charge in [-0.05, 0) is 6.92 Å². The van der Waals surface area contributed by atoms with Gasteiger partial charge in [0.05, 0.1) is 0 Å². The number of carboxylic acid groups (broad SMARTS) is 1. The standard InChI is InChI=1S/C7H10F3NO3/c1-4(5(12)13)11-2-6(14,3-11)7(8,9)10/h4,14H,2-3H2,1H3,(H,12,13)/t4-/m1/s1. The Hall–Kier alpha value is -0.820. The van der Waals surface area contributed by atoms with Gasteiger partial charge in [0, 0.05) is 13.1 Å². The minimum atomic E-state index is -4.69. The highest BCUT2D eigenvalue weighted by Gasteiger charge is 2.62. The van der Waals surface area contributed by atoms with Crippen molar-refractivity contribution in [2.24, 2.45) is 0 Å². The van der Waals surface area contributed by atoms with Gasteiger partial charge in [-0.1, -0.05) is 0 Å². The predicted molar refractivity (Wildman–Crippen MR) is 39.7 cm³/mol. The van der Waals surface area contributed by atoms with Crippen molar-refractivity contribution in [3.8, 4) is 0 Å². The molecule has 0 bridgehead atoms. The van der Waals surface area contributed by atoms with E-state index >= 15 is 0 Å². The Kier molecular flexibility index (Phi) is 2.49. The molecule has 0 radical (unpaired) electrons. The molecular formula is C7H10F3NO3. The molecule has 0 aliphatic carbocycles. The number of alkyl halides is 3. The van der Waals surface area contributed by atoms with Gasteiger partial charge in [-0.2, -0.15) is 13.2 Å². The Balaban J connectivity index is 2.55. The highest BCUT2D eigenvalue weighted by molar-refractivity contribution is 5.73. The van der Waals surface area contributed by atoms with Gasteiger partial charge in [0.15, 0.2) is 5.60 Å². The molecule has 1 saturated heterocycles. The molecule has 1 aliphatic rings. The number of hydrogen-bond donors (Lipinski definition) is 2. The van der Waals surface area contributed by atoms with Crippen LogP contribution in [-0.4, -0.2) is 52.0 Å². The van der Waals surface area contributed by atoms with Crippen LogP contribution in [0, 0.1) is 0 Å². The molecule has 1 heterocycles. The smallest absolute Gasteiger partial charge is 0.419 e. The van der Waals surface area contributed by atoms with Crippen LogP contribution in [0.3, 0.4) is 0 Å². The number of aliphatic hydroxyl groups is 1. The van der Waals surface area contributed by atoms with E-state index in [9.17, 15) is 18.0 Å². The minimum absolute atomic E-state index is 0.677. The summed E-state index contributed by atoms with van der Waals surface area (Å²) in [6.45, 7) is -0.0772. The second kappa shape index (κ2) is 3.09. The SMILES string of the molecule is C[C@H](C(=O)O)N1CC(O)(C(F)(F)F)C1. The van der Waals surface area contributed by atoms with Crippen LogP contribution in [0.25, 0.3) is 0 Å². The maximum absolute atomic E-state index is 12.1. The normalized spacial score (nSPS) is 24.1. The highest BCUT2D eigenvalue weighted by Crippen LogP contribution is 2.38. The van der Waals surface area contributed by atoms with E-state index in [2.05, 4.69) is 0 Å². The van der Waals surface area contributed by atoms with Crippen LogP contribution >= 0.6 is 0 Å². The van der Waals surface area contributed by atoms with E-state index in [1.807, 2.05) is 0 Å². The molecule has 0 aromatic heterocycles. The molecule has 0 spiro atoms. The lowest BCUT2D eigenvalue weighted by Gasteiger charge is -2.48. The monoisotopic (exact) mass is 213 g/mol. The second-order valence-corrected chi connectivity index (χ2v) is 3.45. The summed E-state index contributed by atoms with van der Waals surface area (Å²) < 4.78 is 36.3. The van der Waals surface area contributed by atoms with Crippen LogP contribution in [0.1, 0.15) is 6.92 Å². The average Bonchev–Trinajstić information content (AvgIpc) is 1.94. The molecule has 82 valence electrons. The van der Waals surface area contributed by atoms with E-state index in [-0.39, 0.29) is 0 Å². The fourth-order valence-electron chi connectivity index (χ4n) is 1.23. The van der Waals surface area contributed by atoms with E-state index in [1.54, 1.807) is 0 Å². The third-order valence-electron chi connectivity index (χ3n) is 2.36. The first-order valence-electron chi connectivity index (χ1n) is 3.93. The molecule has 1 aliphatic heterocycles. The number of carboxylic acids is 1. The van der Waals surface area contributed by atoms with Gasteiger partial charge in [-0.3, -0.25) is 9.69 Å². The number of aliphatic carboxylic acids is 1. The zero-order valence-corrected chi connectivity index (χ0v) is 7.38. The highest BCUT2D eigenvalue weighted by atomic mass is 19.4. The van der Waals surface area contributed by atoms with Crippen molar-refractivity contribution in [1.29, 1.82) is 0 Å². The van der Waals surface area contributed by atoms with Crippen LogP contribution in [0.4, 0.5) is 13.2 Å². The summed E-state index contributed by atoms with van der Waals surface area (Å²) in [6, 6.07) is -1.00. The van der Waals surface area contributed by atoms with Crippen LogP contribution in [0.15, 0.2) is 0 Å². The molecule has 7 heteroatoms. The molecule has 14 heavy (non-hydrogen) atoms. The summed E-state index contributed by atoms with van der Waals surface area (Å²) in [6.07, 6.45) is -4.69. The van der Waals surface area contributed by atoms with E-state index in [0.717, 1.165) is 4.90 Å². The van der Waals surface area contributed by atoms with Gasteiger partial charge >= 0.3 is 12.1 Å². The lowest BCUT2D eigenvalue weighted by atomic mass is 9.92. The maximum Gasteiger partial charge on any atom is 0.419 e. The van der Waals surface area contributed by atoms with E-state index in [1.165, 1.54) is 6.92 Å². The predicted octanol–water partition coefficient (Wildman–Crippen LogP) is 0.0685. The zero-order valence-electron chi connectivity index (χ0n) is 7.38. The second-order valence-electron chi connectivity index (χ2n) is 3.45. The lowest BCUT2D eigenvalue weighted by Crippen LogP contribution is -2.71. The van der Waals surface area contributed by atoms with Gasteiger partial charge in [0.1, 0.15) is 6.04 Å². The lowest BCUT2D eigenvalue weighted by molar-refractivity contribution is -0.304. The number of rotatable bonds is 2. The molecule has 4 nitrogen and oxygen atoms in total. The van der Waals surface area contributed by atoms with Crippen molar-refractivity contribution in [2.75, 3.05) is 13.1 Å². The number of carbonyl (C=O) groups is 1. The summed E-state index contributed by atoms with van der Waals surface area (Å²) in [5.74, 6) is -1.20. The Labute approximate surface area is 77.9 Å². The summed E-state index contributed by atoms with van der Waals surface area (Å²) >= 11 is 0. The Bertz CT molecular complexity index is 247. The number of nitrogens with zero attached hydrogens (tertiary/aromatic N) is 1. The van der Waals surface area contributed by atoms with Crippen molar-refractivity contribution in [1.82, 2.24) is 4.90 Å². The van der Waals surface area contributed by atoms with Crippen molar-refractivity contribution >= 4 is 5.97 Å². The largest absolute Gasteiger partial charge is 0.480 e. The van der Waals surface area contributed by atoms with Gasteiger partial charge in [-0.15, -0.1) is 0 Å². The number of halogens is 3. The molecule has 0 aromatic rings. The minimum Gasteiger partial charge on any atom is -0.480 e. The molecule has 0 saturated carbocycles. The van der Waals surface area contributed by atoms with Crippen LogP contribution in [-0.2, 0) is 4.79 Å². The first-order chi connectivity index (χ1) is 6.17. The van der Waals surface area contributed by atoms with Crippen LogP contribution in [0.5, 0.6) is 0 Å². The quantitative estimate of drug-likeness (QED) is 0.681. The van der Waals surface area contributed by atoms with Gasteiger partial charge in [0.25, 0.3) is 0 Å². The van der Waals surface area contributed by atoms with E-state index in [4.69, 9.17) is 10.2 Å². The number of β-amino-alcohol motifs (C(OH)–C–C–N with tert-alkyl or cyclic N) is 1. The fraction of sp³-hybridized carbons (Fsp3) is 0.857.